The van der Waals surface area contributed by atoms with Gasteiger partial charge in [0.1, 0.15) is 0 Å². The Hall–Kier alpha value is -0.260. The van der Waals surface area contributed by atoms with Gasteiger partial charge in [0.15, 0.2) is 0 Å². The Morgan fingerprint density at radius 3 is 2.38 bits per heavy atom. The molecule has 0 aromatic heterocycles. The fourth-order valence-corrected chi connectivity index (χ4v) is 1.78. The van der Waals surface area contributed by atoms with Crippen LogP contribution in [0.3, 0.4) is 0 Å². The first kappa shape index (κ1) is 13.8. The number of nitrogens with one attached hydrogen (secondary N) is 1. The molecule has 0 aromatic carbocycles. The number of hydrogen-bond donors (Lipinski definition) is 1. The molecule has 0 bridgehead atoms. The van der Waals surface area contributed by atoms with Crippen molar-refractivity contribution in [2.75, 3.05) is 32.8 Å². The fraction of sp³-hybridized carbons (Fsp3) is 1.00. The molecular weight excluding hydrogens is 214 g/mol. The average molecular weight is 236 g/mol. The summed E-state index contributed by atoms with van der Waals surface area (Å²) in [6, 6.07) is -0.750. The maximum Gasteiger partial charge on any atom is 0.253 e. The molecule has 1 unspecified atom stereocenters. The summed E-state index contributed by atoms with van der Waals surface area (Å²) in [6.07, 6.45) is -2.31. The van der Waals surface area contributed by atoms with Crippen LogP contribution in [0.2, 0.25) is 0 Å². The van der Waals surface area contributed by atoms with Gasteiger partial charge in [-0.3, -0.25) is 4.90 Å². The molecule has 3 nitrogen and oxygen atoms in total. The molecule has 1 aliphatic rings. The molecular formula is C11H22F2N2O. The quantitative estimate of drug-likeness (QED) is 0.779. The van der Waals surface area contributed by atoms with E-state index in [0.29, 0.717) is 6.54 Å². The third kappa shape index (κ3) is 3.96. The van der Waals surface area contributed by atoms with E-state index in [0.717, 1.165) is 26.3 Å². The molecule has 0 amide bonds. The van der Waals surface area contributed by atoms with Gasteiger partial charge in [-0.1, -0.05) is 0 Å². The van der Waals surface area contributed by atoms with E-state index >= 15 is 0 Å². The average Bonchev–Trinajstić information content (AvgIpc) is 2.27. The fourth-order valence-electron chi connectivity index (χ4n) is 1.78. The molecule has 1 N–H and O–H groups in total. The lowest BCUT2D eigenvalue weighted by Gasteiger charge is -2.41. The lowest BCUT2D eigenvalue weighted by molar-refractivity contribution is -0.0125. The molecule has 5 heteroatoms. The molecule has 0 spiro atoms. The highest BCUT2D eigenvalue weighted by atomic mass is 19.3. The van der Waals surface area contributed by atoms with Crippen molar-refractivity contribution in [1.29, 1.82) is 0 Å². The van der Waals surface area contributed by atoms with Gasteiger partial charge in [-0.25, -0.2) is 8.78 Å². The van der Waals surface area contributed by atoms with Crippen LogP contribution >= 0.6 is 0 Å². The maximum atomic E-state index is 12.3. The second-order valence-corrected chi connectivity index (χ2v) is 4.92. The van der Waals surface area contributed by atoms with Crippen LogP contribution in [0, 0.1) is 0 Å². The van der Waals surface area contributed by atoms with Crippen LogP contribution in [0.1, 0.15) is 20.8 Å². The van der Waals surface area contributed by atoms with Crippen LogP contribution in [-0.4, -0.2) is 55.8 Å². The Kier molecular flexibility index (Phi) is 5.08. The minimum absolute atomic E-state index is 0.104. The SMILES string of the molecule is CC(NCC(C)(C)N1CCOCC1)C(F)F. The highest BCUT2D eigenvalue weighted by Crippen LogP contribution is 2.15. The first-order valence-electron chi connectivity index (χ1n) is 5.78. The molecule has 0 saturated carbocycles. The van der Waals surface area contributed by atoms with Crippen molar-refractivity contribution in [1.82, 2.24) is 10.2 Å². The Morgan fingerprint density at radius 2 is 1.88 bits per heavy atom. The van der Waals surface area contributed by atoms with Crippen molar-refractivity contribution in [3.05, 3.63) is 0 Å². The van der Waals surface area contributed by atoms with E-state index in [1.54, 1.807) is 0 Å². The Bertz CT molecular complexity index is 206. The van der Waals surface area contributed by atoms with E-state index in [1.165, 1.54) is 6.92 Å². The molecule has 1 fully saturated rings. The molecule has 0 radical (unpaired) electrons. The Labute approximate surface area is 96.1 Å². The minimum Gasteiger partial charge on any atom is -0.379 e. The summed E-state index contributed by atoms with van der Waals surface area (Å²) in [5.74, 6) is 0. The van der Waals surface area contributed by atoms with Crippen LogP contribution in [0.4, 0.5) is 8.78 Å². The van der Waals surface area contributed by atoms with Crippen LogP contribution in [0.25, 0.3) is 0 Å². The second-order valence-electron chi connectivity index (χ2n) is 4.92. The minimum atomic E-state index is -2.31. The van der Waals surface area contributed by atoms with Gasteiger partial charge in [0.25, 0.3) is 6.43 Å². The van der Waals surface area contributed by atoms with Gasteiger partial charge in [0.2, 0.25) is 0 Å². The summed E-state index contributed by atoms with van der Waals surface area (Å²) in [5, 5.41) is 2.89. The van der Waals surface area contributed by atoms with Crippen molar-refractivity contribution in [3.63, 3.8) is 0 Å². The highest BCUT2D eigenvalue weighted by molar-refractivity contribution is 4.86. The van der Waals surface area contributed by atoms with Crippen molar-refractivity contribution in [3.8, 4) is 0 Å². The largest absolute Gasteiger partial charge is 0.379 e. The normalized spacial score (nSPS) is 21.4. The van der Waals surface area contributed by atoms with Crippen molar-refractivity contribution in [2.45, 2.75) is 38.8 Å². The summed E-state index contributed by atoms with van der Waals surface area (Å²) in [5.41, 5.74) is -0.104. The van der Waals surface area contributed by atoms with E-state index < -0.39 is 12.5 Å². The van der Waals surface area contributed by atoms with E-state index in [9.17, 15) is 8.78 Å². The standard InChI is InChI=1S/C11H22F2N2O/c1-9(10(12)13)14-8-11(2,3)15-4-6-16-7-5-15/h9-10,14H,4-8H2,1-3H3. The number of nitrogens with zero attached hydrogens (tertiary/aromatic N) is 1. The van der Waals surface area contributed by atoms with E-state index in [2.05, 4.69) is 24.1 Å². The molecule has 0 aliphatic carbocycles. The van der Waals surface area contributed by atoms with E-state index in [1.807, 2.05) is 0 Å². The number of halogens is 2. The van der Waals surface area contributed by atoms with Crippen LogP contribution < -0.4 is 5.32 Å². The summed E-state index contributed by atoms with van der Waals surface area (Å²) in [6.45, 7) is 9.43. The van der Waals surface area contributed by atoms with Gasteiger partial charge in [-0.2, -0.15) is 0 Å². The smallest absolute Gasteiger partial charge is 0.253 e. The van der Waals surface area contributed by atoms with E-state index in [-0.39, 0.29) is 5.54 Å². The predicted octanol–water partition coefficient (Wildman–Crippen LogP) is 1.34. The lowest BCUT2D eigenvalue weighted by Crippen LogP contribution is -2.56. The Balaban J connectivity index is 2.37. The Morgan fingerprint density at radius 1 is 1.31 bits per heavy atom. The third-order valence-corrected chi connectivity index (χ3v) is 3.10. The molecule has 16 heavy (non-hydrogen) atoms. The molecule has 1 atom stereocenters. The monoisotopic (exact) mass is 236 g/mol. The first-order valence-corrected chi connectivity index (χ1v) is 5.78. The van der Waals surface area contributed by atoms with Crippen LogP contribution in [0.5, 0.6) is 0 Å². The first-order chi connectivity index (χ1) is 7.43. The van der Waals surface area contributed by atoms with Crippen molar-refractivity contribution >= 4 is 0 Å². The van der Waals surface area contributed by atoms with Crippen LogP contribution in [-0.2, 0) is 4.74 Å². The zero-order valence-corrected chi connectivity index (χ0v) is 10.3. The number of hydrogen-bond acceptors (Lipinski definition) is 3. The van der Waals surface area contributed by atoms with Crippen molar-refractivity contribution < 1.29 is 13.5 Å². The van der Waals surface area contributed by atoms with Gasteiger partial charge >= 0.3 is 0 Å². The number of rotatable bonds is 5. The third-order valence-electron chi connectivity index (χ3n) is 3.10. The van der Waals surface area contributed by atoms with E-state index in [4.69, 9.17) is 4.74 Å². The van der Waals surface area contributed by atoms with Gasteiger partial charge in [0.05, 0.1) is 19.3 Å². The summed E-state index contributed by atoms with van der Waals surface area (Å²) >= 11 is 0. The van der Waals surface area contributed by atoms with Gasteiger partial charge in [-0.05, 0) is 20.8 Å². The number of alkyl halides is 2. The topological polar surface area (TPSA) is 24.5 Å². The molecule has 0 aromatic rings. The summed E-state index contributed by atoms with van der Waals surface area (Å²) < 4.78 is 30.0. The maximum absolute atomic E-state index is 12.3. The summed E-state index contributed by atoms with van der Waals surface area (Å²) in [4.78, 5) is 2.28. The van der Waals surface area contributed by atoms with Crippen LogP contribution in [0.15, 0.2) is 0 Å². The lowest BCUT2D eigenvalue weighted by atomic mass is 10.0. The van der Waals surface area contributed by atoms with Gasteiger partial charge in [0, 0.05) is 25.2 Å². The molecule has 1 rings (SSSR count). The highest BCUT2D eigenvalue weighted by Gasteiger charge is 2.29. The van der Waals surface area contributed by atoms with Gasteiger partial charge < -0.3 is 10.1 Å². The molecule has 1 saturated heterocycles. The second kappa shape index (κ2) is 5.89. The summed E-state index contributed by atoms with van der Waals surface area (Å²) in [7, 11) is 0. The molecule has 1 heterocycles. The number of ether oxygens (including phenoxy) is 1. The van der Waals surface area contributed by atoms with Crippen molar-refractivity contribution in [2.24, 2.45) is 0 Å². The predicted molar refractivity (Wildman–Crippen MR) is 59.9 cm³/mol. The zero-order chi connectivity index (χ0) is 12.2. The zero-order valence-electron chi connectivity index (χ0n) is 10.3. The molecule has 1 aliphatic heterocycles. The van der Waals surface area contributed by atoms with Gasteiger partial charge in [-0.15, -0.1) is 0 Å². The molecule has 96 valence electrons. The number of morpholine rings is 1.